The van der Waals surface area contributed by atoms with Gasteiger partial charge in [-0.2, -0.15) is 12.6 Å². The zero-order valence-electron chi connectivity index (χ0n) is 18.8. The SMILES string of the molecule is CCCCCCCCCCCCCCCCCCCCCCC(C)(C)S. The van der Waals surface area contributed by atoms with Crippen LogP contribution in [0.4, 0.5) is 0 Å². The first-order valence-corrected chi connectivity index (χ1v) is 12.7. The molecule has 0 aliphatic rings. The van der Waals surface area contributed by atoms with Gasteiger partial charge in [0.05, 0.1) is 0 Å². The fraction of sp³-hybridized carbons (Fsp3) is 1.00. The van der Waals surface area contributed by atoms with Crippen LogP contribution in [-0.2, 0) is 0 Å². The normalized spacial score (nSPS) is 12.0. The van der Waals surface area contributed by atoms with Gasteiger partial charge < -0.3 is 0 Å². The lowest BCUT2D eigenvalue weighted by atomic mass is 10.0. The maximum Gasteiger partial charge on any atom is 0.00731 e. The fourth-order valence-corrected chi connectivity index (χ4v) is 3.97. The predicted octanol–water partition coefficient (Wildman–Crippen LogP) is 9.91. The summed E-state index contributed by atoms with van der Waals surface area (Å²) in [5, 5.41) is 0. The van der Waals surface area contributed by atoms with E-state index in [-0.39, 0.29) is 4.75 Å². The van der Waals surface area contributed by atoms with Crippen molar-refractivity contribution in [3.63, 3.8) is 0 Å². The third kappa shape index (κ3) is 24.4. The number of hydrogen-bond acceptors (Lipinski definition) is 1. The van der Waals surface area contributed by atoms with Crippen molar-refractivity contribution in [1.29, 1.82) is 0 Å². The molecule has 26 heavy (non-hydrogen) atoms. The van der Waals surface area contributed by atoms with Gasteiger partial charge >= 0.3 is 0 Å². The van der Waals surface area contributed by atoms with E-state index in [9.17, 15) is 0 Å². The molecule has 158 valence electrons. The molecule has 1 heteroatoms. The third-order valence-corrected chi connectivity index (χ3v) is 5.87. The zero-order chi connectivity index (χ0) is 19.3. The minimum Gasteiger partial charge on any atom is -0.173 e. The third-order valence-electron chi connectivity index (χ3n) is 5.64. The Kier molecular flexibility index (Phi) is 20.4. The number of rotatable bonds is 21. The zero-order valence-corrected chi connectivity index (χ0v) is 19.7. The second kappa shape index (κ2) is 20.1. The van der Waals surface area contributed by atoms with Gasteiger partial charge in [-0.05, 0) is 6.42 Å². The molecule has 0 atom stereocenters. The Morgan fingerprint density at radius 3 is 0.885 bits per heavy atom. The number of thiol groups is 1. The highest BCUT2D eigenvalue weighted by Crippen LogP contribution is 2.21. The molecule has 0 radical (unpaired) electrons. The summed E-state index contributed by atoms with van der Waals surface area (Å²) in [6.45, 7) is 6.76. The summed E-state index contributed by atoms with van der Waals surface area (Å²) in [4.78, 5) is 0. The van der Waals surface area contributed by atoms with Gasteiger partial charge in [0.1, 0.15) is 0 Å². The maximum absolute atomic E-state index is 4.60. The van der Waals surface area contributed by atoms with Crippen molar-refractivity contribution in [3.05, 3.63) is 0 Å². The Bertz CT molecular complexity index is 253. The van der Waals surface area contributed by atoms with Crippen LogP contribution in [0.25, 0.3) is 0 Å². The van der Waals surface area contributed by atoms with E-state index >= 15 is 0 Å². The molecule has 0 aliphatic heterocycles. The monoisotopic (exact) mass is 384 g/mol. The average molecular weight is 385 g/mol. The Morgan fingerprint density at radius 2 is 0.654 bits per heavy atom. The van der Waals surface area contributed by atoms with Gasteiger partial charge in [-0.1, -0.05) is 149 Å². The first-order valence-electron chi connectivity index (χ1n) is 12.3. The Labute approximate surface area is 173 Å². The topological polar surface area (TPSA) is 0 Å². The van der Waals surface area contributed by atoms with Crippen LogP contribution >= 0.6 is 12.6 Å². The summed E-state index contributed by atoms with van der Waals surface area (Å²) in [6, 6.07) is 0. The smallest absolute Gasteiger partial charge is 0.00731 e. The largest absolute Gasteiger partial charge is 0.173 e. The van der Waals surface area contributed by atoms with Crippen molar-refractivity contribution >= 4 is 12.6 Å². The van der Waals surface area contributed by atoms with Crippen molar-refractivity contribution < 1.29 is 0 Å². The van der Waals surface area contributed by atoms with Gasteiger partial charge in [0, 0.05) is 4.75 Å². The van der Waals surface area contributed by atoms with Crippen LogP contribution in [0.2, 0.25) is 0 Å². The standard InChI is InChI=1S/C25H52S/c1-4-5-6-7-8-9-10-11-12-13-14-15-16-17-18-19-20-21-22-23-24-25(2,3)26/h26H,4-24H2,1-3H3. The first kappa shape index (κ1) is 26.4. The van der Waals surface area contributed by atoms with E-state index < -0.39 is 0 Å². The molecule has 0 aromatic heterocycles. The highest BCUT2D eigenvalue weighted by Gasteiger charge is 2.09. The maximum atomic E-state index is 4.60. The van der Waals surface area contributed by atoms with Gasteiger partial charge in [-0.25, -0.2) is 0 Å². The molecule has 0 amide bonds. The minimum absolute atomic E-state index is 0.230. The Balaban J connectivity index is 3.01. The molecule has 0 N–H and O–H groups in total. The lowest BCUT2D eigenvalue weighted by molar-refractivity contribution is 0.514. The van der Waals surface area contributed by atoms with E-state index in [0.717, 1.165) is 0 Å². The lowest BCUT2D eigenvalue weighted by Crippen LogP contribution is -2.09. The molecule has 0 aromatic rings. The lowest BCUT2D eigenvalue weighted by Gasteiger charge is -2.16. The van der Waals surface area contributed by atoms with Gasteiger partial charge in [0.15, 0.2) is 0 Å². The number of unbranched alkanes of at least 4 members (excludes halogenated alkanes) is 19. The van der Waals surface area contributed by atoms with Crippen molar-refractivity contribution in [2.24, 2.45) is 0 Å². The molecule has 0 spiro atoms. The van der Waals surface area contributed by atoms with E-state index in [4.69, 9.17) is 0 Å². The van der Waals surface area contributed by atoms with Gasteiger partial charge in [0.25, 0.3) is 0 Å². The first-order chi connectivity index (χ1) is 12.6. The van der Waals surface area contributed by atoms with E-state index in [2.05, 4.69) is 33.4 Å². The average Bonchev–Trinajstić information content (AvgIpc) is 2.59. The van der Waals surface area contributed by atoms with Crippen molar-refractivity contribution in [1.82, 2.24) is 0 Å². The van der Waals surface area contributed by atoms with Crippen LogP contribution in [0.3, 0.4) is 0 Å². The van der Waals surface area contributed by atoms with Crippen LogP contribution in [0, 0.1) is 0 Å². The minimum atomic E-state index is 0.230. The van der Waals surface area contributed by atoms with Gasteiger partial charge in [0.2, 0.25) is 0 Å². The van der Waals surface area contributed by atoms with Crippen LogP contribution < -0.4 is 0 Å². The van der Waals surface area contributed by atoms with Crippen LogP contribution in [0.1, 0.15) is 156 Å². The van der Waals surface area contributed by atoms with E-state index in [1.165, 1.54) is 135 Å². The van der Waals surface area contributed by atoms with Gasteiger partial charge in [-0.15, -0.1) is 0 Å². The summed E-state index contributed by atoms with van der Waals surface area (Å²) in [5.74, 6) is 0. The van der Waals surface area contributed by atoms with Crippen LogP contribution in [0.5, 0.6) is 0 Å². The summed E-state index contributed by atoms with van der Waals surface area (Å²) < 4.78 is 0.230. The highest BCUT2D eigenvalue weighted by molar-refractivity contribution is 7.81. The molecule has 0 saturated carbocycles. The van der Waals surface area contributed by atoms with Crippen molar-refractivity contribution in [2.45, 2.75) is 160 Å². The predicted molar refractivity (Wildman–Crippen MR) is 126 cm³/mol. The second-order valence-electron chi connectivity index (χ2n) is 9.28. The summed E-state index contributed by atoms with van der Waals surface area (Å²) >= 11 is 4.60. The molecule has 0 aliphatic carbocycles. The molecular formula is C25H52S. The second-order valence-corrected chi connectivity index (χ2v) is 10.5. The van der Waals surface area contributed by atoms with Crippen LogP contribution in [-0.4, -0.2) is 4.75 Å². The molecule has 0 saturated heterocycles. The molecule has 0 nitrogen and oxygen atoms in total. The molecule has 0 fully saturated rings. The van der Waals surface area contributed by atoms with E-state index in [1.807, 2.05) is 0 Å². The molecule has 0 heterocycles. The van der Waals surface area contributed by atoms with Gasteiger partial charge in [-0.3, -0.25) is 0 Å². The van der Waals surface area contributed by atoms with E-state index in [0.29, 0.717) is 0 Å². The molecule has 0 unspecified atom stereocenters. The molecule has 0 aromatic carbocycles. The Hall–Kier alpha value is 0.350. The quantitative estimate of drug-likeness (QED) is 0.148. The molecular weight excluding hydrogens is 332 g/mol. The summed E-state index contributed by atoms with van der Waals surface area (Å²) in [6.07, 6.45) is 30.4. The summed E-state index contributed by atoms with van der Waals surface area (Å²) in [7, 11) is 0. The molecule has 0 rings (SSSR count). The van der Waals surface area contributed by atoms with E-state index in [1.54, 1.807) is 0 Å². The summed E-state index contributed by atoms with van der Waals surface area (Å²) in [5.41, 5.74) is 0. The number of hydrogen-bond donors (Lipinski definition) is 1. The highest BCUT2D eigenvalue weighted by atomic mass is 32.1. The van der Waals surface area contributed by atoms with Crippen LogP contribution in [0.15, 0.2) is 0 Å². The van der Waals surface area contributed by atoms with Crippen molar-refractivity contribution in [2.75, 3.05) is 0 Å². The molecule has 0 bridgehead atoms. The fourth-order valence-electron chi connectivity index (χ4n) is 3.81. The van der Waals surface area contributed by atoms with Crippen molar-refractivity contribution in [3.8, 4) is 0 Å². The Morgan fingerprint density at radius 1 is 0.423 bits per heavy atom.